The summed E-state index contributed by atoms with van der Waals surface area (Å²) in [5.74, 6) is 1.75. The summed E-state index contributed by atoms with van der Waals surface area (Å²) in [5.41, 5.74) is 1.56. The number of nitrogens with zero attached hydrogens (tertiary/aromatic N) is 2. The van der Waals surface area contributed by atoms with Crippen LogP contribution < -0.4 is 15.0 Å². The van der Waals surface area contributed by atoms with Gasteiger partial charge in [0.25, 0.3) is 0 Å². The second-order valence-electron chi connectivity index (χ2n) is 8.14. The van der Waals surface area contributed by atoms with Crippen LogP contribution in [0.25, 0.3) is 10.9 Å². The SMILES string of the molecule is O=C(NC1CCOc2c(Cl)cccc21)C1CCN(c2ccc3cccc(O)c3n2)CC1. The number of para-hydroxylation sites is 2. The van der Waals surface area contributed by atoms with Crippen LogP contribution in [0.2, 0.25) is 5.02 Å². The molecule has 2 aliphatic rings. The smallest absolute Gasteiger partial charge is 0.223 e. The maximum absolute atomic E-state index is 13.0. The van der Waals surface area contributed by atoms with Gasteiger partial charge in [-0.25, -0.2) is 4.98 Å². The van der Waals surface area contributed by atoms with Gasteiger partial charge in [0.2, 0.25) is 5.91 Å². The van der Waals surface area contributed by atoms with Crippen LogP contribution >= 0.6 is 11.6 Å². The fourth-order valence-electron chi connectivity index (χ4n) is 4.49. The number of anilines is 1. The Balaban J connectivity index is 1.24. The summed E-state index contributed by atoms with van der Waals surface area (Å²) in [5, 5.41) is 14.8. The molecule has 0 aliphatic carbocycles. The standard InChI is InChI=1S/C24H24ClN3O3/c25-18-5-2-4-17-19(11-14-31-23(17)18)26-24(30)16-9-12-28(13-10-16)21-8-7-15-3-1-6-20(29)22(15)27-21/h1-8,16,19,29H,9-14H2,(H,26,30). The van der Waals surface area contributed by atoms with Crippen LogP contribution in [0.3, 0.4) is 0 Å². The molecule has 3 aromatic rings. The number of benzene rings is 2. The predicted octanol–water partition coefficient (Wildman–Crippen LogP) is 4.45. The molecule has 7 heteroatoms. The van der Waals surface area contributed by atoms with Crippen molar-refractivity contribution < 1.29 is 14.6 Å². The number of pyridine rings is 1. The number of aromatic hydroxyl groups is 1. The average molecular weight is 438 g/mol. The molecule has 2 aliphatic heterocycles. The first-order chi connectivity index (χ1) is 15.1. The molecule has 3 heterocycles. The third kappa shape index (κ3) is 3.88. The van der Waals surface area contributed by atoms with Crippen molar-refractivity contribution in [2.24, 2.45) is 5.92 Å². The van der Waals surface area contributed by atoms with Gasteiger partial charge in [-0.3, -0.25) is 4.79 Å². The molecule has 1 atom stereocenters. The van der Waals surface area contributed by atoms with E-state index >= 15 is 0 Å². The quantitative estimate of drug-likeness (QED) is 0.633. The minimum atomic E-state index is -0.0712. The zero-order chi connectivity index (χ0) is 21.4. The van der Waals surface area contributed by atoms with Crippen LogP contribution in [-0.4, -0.2) is 35.7 Å². The number of phenolic OH excluding ortho intramolecular Hbond substituents is 1. The second kappa shape index (κ2) is 8.27. The predicted molar refractivity (Wildman–Crippen MR) is 121 cm³/mol. The number of halogens is 1. The number of phenols is 1. The Labute approximate surface area is 185 Å². The van der Waals surface area contributed by atoms with E-state index in [0.717, 1.165) is 49.1 Å². The van der Waals surface area contributed by atoms with Crippen LogP contribution in [0.15, 0.2) is 48.5 Å². The average Bonchev–Trinajstić information content (AvgIpc) is 2.80. The van der Waals surface area contributed by atoms with Crippen LogP contribution in [0.1, 0.15) is 30.9 Å². The van der Waals surface area contributed by atoms with E-state index in [0.29, 0.717) is 22.9 Å². The van der Waals surface area contributed by atoms with Gasteiger partial charge in [-0.15, -0.1) is 0 Å². The summed E-state index contributed by atoms with van der Waals surface area (Å²) < 4.78 is 5.70. The minimum Gasteiger partial charge on any atom is -0.506 e. The highest BCUT2D eigenvalue weighted by atomic mass is 35.5. The van der Waals surface area contributed by atoms with Crippen molar-refractivity contribution in [1.29, 1.82) is 0 Å². The van der Waals surface area contributed by atoms with Crippen molar-refractivity contribution in [2.45, 2.75) is 25.3 Å². The van der Waals surface area contributed by atoms with Gasteiger partial charge >= 0.3 is 0 Å². The van der Waals surface area contributed by atoms with Gasteiger partial charge in [0.15, 0.2) is 0 Å². The summed E-state index contributed by atoms with van der Waals surface area (Å²) in [4.78, 5) is 19.8. The number of hydrogen-bond donors (Lipinski definition) is 2. The molecule has 160 valence electrons. The van der Waals surface area contributed by atoms with Crippen LogP contribution in [0.4, 0.5) is 5.82 Å². The Morgan fingerprint density at radius 1 is 1.10 bits per heavy atom. The summed E-state index contributed by atoms with van der Waals surface area (Å²) in [7, 11) is 0. The molecule has 31 heavy (non-hydrogen) atoms. The molecule has 1 aromatic heterocycles. The Bertz CT molecular complexity index is 1130. The van der Waals surface area contributed by atoms with Crippen molar-refractivity contribution >= 4 is 34.2 Å². The lowest BCUT2D eigenvalue weighted by atomic mass is 9.94. The molecule has 2 N–H and O–H groups in total. The summed E-state index contributed by atoms with van der Waals surface area (Å²) in [6.45, 7) is 2.04. The molecule has 1 saturated heterocycles. The zero-order valence-corrected chi connectivity index (χ0v) is 17.8. The number of hydrogen-bond acceptors (Lipinski definition) is 5. The second-order valence-corrected chi connectivity index (χ2v) is 8.54. The molecule has 1 amide bonds. The number of amides is 1. The lowest BCUT2D eigenvalue weighted by Gasteiger charge is -2.34. The van der Waals surface area contributed by atoms with Crippen LogP contribution in [0.5, 0.6) is 11.5 Å². The molecule has 0 spiro atoms. The van der Waals surface area contributed by atoms with Crippen molar-refractivity contribution in [3.63, 3.8) is 0 Å². The third-order valence-corrected chi connectivity index (χ3v) is 6.51. The molecular formula is C24H24ClN3O3. The Morgan fingerprint density at radius 2 is 1.90 bits per heavy atom. The highest BCUT2D eigenvalue weighted by Gasteiger charge is 2.30. The first kappa shape index (κ1) is 19.9. The summed E-state index contributed by atoms with van der Waals surface area (Å²) in [6.07, 6.45) is 2.26. The fourth-order valence-corrected chi connectivity index (χ4v) is 4.73. The maximum atomic E-state index is 13.0. The van der Waals surface area contributed by atoms with Gasteiger partial charge in [0.05, 0.1) is 17.7 Å². The molecule has 0 bridgehead atoms. The number of fused-ring (bicyclic) bond motifs is 2. The fraction of sp³-hybridized carbons (Fsp3) is 0.333. The highest BCUT2D eigenvalue weighted by molar-refractivity contribution is 6.32. The van der Waals surface area contributed by atoms with E-state index in [9.17, 15) is 9.90 Å². The van der Waals surface area contributed by atoms with Gasteiger partial charge in [-0.1, -0.05) is 35.9 Å². The van der Waals surface area contributed by atoms with E-state index in [1.807, 2.05) is 36.4 Å². The number of rotatable bonds is 3. The largest absolute Gasteiger partial charge is 0.506 e. The number of nitrogens with one attached hydrogen (secondary N) is 1. The van der Waals surface area contributed by atoms with Gasteiger partial charge in [-0.2, -0.15) is 0 Å². The van der Waals surface area contributed by atoms with Crippen molar-refractivity contribution in [3.05, 3.63) is 59.1 Å². The molecule has 5 rings (SSSR count). The minimum absolute atomic E-state index is 0.0319. The van der Waals surface area contributed by atoms with E-state index in [2.05, 4.69) is 15.2 Å². The van der Waals surface area contributed by atoms with E-state index in [1.165, 1.54) is 0 Å². The van der Waals surface area contributed by atoms with Gasteiger partial charge in [0, 0.05) is 36.4 Å². The molecule has 6 nitrogen and oxygen atoms in total. The summed E-state index contributed by atoms with van der Waals surface area (Å²) >= 11 is 6.25. The van der Waals surface area contributed by atoms with E-state index in [4.69, 9.17) is 16.3 Å². The van der Waals surface area contributed by atoms with Gasteiger partial charge in [0.1, 0.15) is 22.8 Å². The number of ether oxygens (including phenoxy) is 1. The van der Waals surface area contributed by atoms with Gasteiger partial charge in [-0.05, 0) is 37.1 Å². The molecule has 1 unspecified atom stereocenters. The van der Waals surface area contributed by atoms with Crippen molar-refractivity contribution in [2.75, 3.05) is 24.6 Å². The van der Waals surface area contributed by atoms with Crippen molar-refractivity contribution in [3.8, 4) is 11.5 Å². The number of carbonyl (C=O) groups is 1. The monoisotopic (exact) mass is 437 g/mol. The maximum Gasteiger partial charge on any atom is 0.223 e. The molecule has 0 radical (unpaired) electrons. The zero-order valence-electron chi connectivity index (χ0n) is 17.1. The lowest BCUT2D eigenvalue weighted by Crippen LogP contribution is -2.42. The Hall–Kier alpha value is -2.99. The highest BCUT2D eigenvalue weighted by Crippen LogP contribution is 2.38. The first-order valence-corrected chi connectivity index (χ1v) is 11.0. The Kier molecular flexibility index (Phi) is 5.32. The topological polar surface area (TPSA) is 74.7 Å². The normalized spacial score (nSPS) is 19.0. The molecule has 0 saturated carbocycles. The number of piperidine rings is 1. The van der Waals surface area contributed by atoms with E-state index in [-0.39, 0.29) is 23.6 Å². The third-order valence-electron chi connectivity index (χ3n) is 6.22. The van der Waals surface area contributed by atoms with Crippen LogP contribution in [0, 0.1) is 5.92 Å². The number of carbonyl (C=O) groups excluding carboxylic acids is 1. The number of aromatic nitrogens is 1. The summed E-state index contributed by atoms with van der Waals surface area (Å²) in [6, 6.07) is 14.9. The van der Waals surface area contributed by atoms with Crippen LogP contribution in [-0.2, 0) is 4.79 Å². The van der Waals surface area contributed by atoms with Crippen molar-refractivity contribution in [1.82, 2.24) is 10.3 Å². The Morgan fingerprint density at radius 3 is 2.74 bits per heavy atom. The van der Waals surface area contributed by atoms with E-state index < -0.39 is 0 Å². The lowest BCUT2D eigenvalue weighted by molar-refractivity contribution is -0.126. The van der Waals surface area contributed by atoms with Gasteiger partial charge < -0.3 is 20.1 Å². The van der Waals surface area contributed by atoms with E-state index in [1.54, 1.807) is 12.1 Å². The first-order valence-electron chi connectivity index (χ1n) is 10.7. The molecular weight excluding hydrogens is 414 g/mol. The molecule has 2 aromatic carbocycles. The molecule has 1 fully saturated rings.